The van der Waals surface area contributed by atoms with Gasteiger partial charge in [0.25, 0.3) is 15.9 Å². The molecule has 0 saturated heterocycles. The van der Waals surface area contributed by atoms with E-state index >= 15 is 0 Å². The number of carbonyl (C=O) groups is 1. The molecule has 27 heavy (non-hydrogen) atoms. The van der Waals surface area contributed by atoms with Crippen LogP contribution in [0.5, 0.6) is 0 Å². The first-order valence-electron chi connectivity index (χ1n) is 8.51. The minimum atomic E-state index is -3.80. The Morgan fingerprint density at radius 3 is 2.37 bits per heavy atom. The van der Waals surface area contributed by atoms with Crippen LogP contribution in [-0.2, 0) is 10.0 Å². The van der Waals surface area contributed by atoms with Crippen molar-refractivity contribution < 1.29 is 13.2 Å². The molecule has 2 rings (SSSR count). The number of nitrogens with one attached hydrogen (secondary N) is 1. The van der Waals surface area contributed by atoms with Crippen LogP contribution in [0, 0.1) is 0 Å². The second kappa shape index (κ2) is 8.95. The van der Waals surface area contributed by atoms with Gasteiger partial charge in [-0.3, -0.25) is 9.10 Å². The van der Waals surface area contributed by atoms with E-state index in [1.165, 1.54) is 43.4 Å². The highest BCUT2D eigenvalue weighted by Crippen LogP contribution is 2.27. The Labute approximate surface area is 170 Å². The van der Waals surface area contributed by atoms with Crippen molar-refractivity contribution in [2.24, 2.45) is 0 Å². The highest BCUT2D eigenvalue weighted by Gasteiger charge is 2.23. The van der Waals surface area contributed by atoms with Crippen LogP contribution in [0.15, 0.2) is 47.4 Å². The van der Waals surface area contributed by atoms with Crippen molar-refractivity contribution in [3.8, 4) is 0 Å². The Morgan fingerprint density at radius 2 is 1.78 bits per heavy atom. The van der Waals surface area contributed by atoms with E-state index in [1.54, 1.807) is 6.07 Å². The van der Waals surface area contributed by atoms with Crippen LogP contribution in [0.2, 0.25) is 10.0 Å². The van der Waals surface area contributed by atoms with Gasteiger partial charge in [0.15, 0.2) is 0 Å². The first kappa shape index (κ1) is 21.5. The minimum Gasteiger partial charge on any atom is -0.350 e. The lowest BCUT2D eigenvalue weighted by molar-refractivity contribution is 0.0938. The van der Waals surface area contributed by atoms with E-state index in [-0.39, 0.29) is 27.4 Å². The number of hydrogen-bond acceptors (Lipinski definition) is 3. The SMILES string of the molecule is CCC[C@@H](C)NC(=O)c1cc(N(C)S(=O)(=O)c2ccc(Cl)cc2)ccc1Cl. The van der Waals surface area contributed by atoms with E-state index in [4.69, 9.17) is 23.2 Å². The van der Waals surface area contributed by atoms with Crippen LogP contribution in [0.3, 0.4) is 0 Å². The van der Waals surface area contributed by atoms with E-state index in [9.17, 15) is 13.2 Å². The van der Waals surface area contributed by atoms with Gasteiger partial charge < -0.3 is 5.32 Å². The van der Waals surface area contributed by atoms with Crippen LogP contribution in [0.25, 0.3) is 0 Å². The molecule has 0 fully saturated rings. The molecule has 0 aliphatic rings. The van der Waals surface area contributed by atoms with Crippen molar-refractivity contribution in [2.45, 2.75) is 37.6 Å². The van der Waals surface area contributed by atoms with Crippen molar-refractivity contribution in [1.29, 1.82) is 0 Å². The van der Waals surface area contributed by atoms with Crippen LogP contribution in [0.1, 0.15) is 37.0 Å². The third-order valence-corrected chi connectivity index (χ3v) is 6.51. The lowest BCUT2D eigenvalue weighted by atomic mass is 10.1. The van der Waals surface area contributed by atoms with Gasteiger partial charge in [-0.25, -0.2) is 8.42 Å². The van der Waals surface area contributed by atoms with Crippen molar-refractivity contribution >= 4 is 44.8 Å². The summed E-state index contributed by atoms with van der Waals surface area (Å²) in [5.41, 5.74) is 0.568. The molecule has 0 bridgehead atoms. The van der Waals surface area contributed by atoms with Crippen LogP contribution in [0.4, 0.5) is 5.69 Å². The molecule has 5 nitrogen and oxygen atoms in total. The summed E-state index contributed by atoms with van der Waals surface area (Å²) in [5.74, 6) is -0.333. The monoisotopic (exact) mass is 428 g/mol. The second-order valence-corrected chi connectivity index (χ2v) is 9.07. The average Bonchev–Trinajstić information content (AvgIpc) is 2.62. The highest BCUT2D eigenvalue weighted by atomic mass is 35.5. The van der Waals surface area contributed by atoms with Crippen molar-refractivity contribution in [3.05, 3.63) is 58.1 Å². The maximum Gasteiger partial charge on any atom is 0.264 e. The quantitative estimate of drug-likeness (QED) is 0.692. The zero-order valence-electron chi connectivity index (χ0n) is 15.4. The Hall–Kier alpha value is -1.76. The van der Waals surface area contributed by atoms with Gasteiger partial charge in [-0.05, 0) is 55.8 Å². The second-order valence-electron chi connectivity index (χ2n) is 6.25. The number of amides is 1. The molecule has 8 heteroatoms. The Morgan fingerprint density at radius 1 is 1.15 bits per heavy atom. The van der Waals surface area contributed by atoms with Gasteiger partial charge in [-0.2, -0.15) is 0 Å². The number of rotatable bonds is 7. The molecule has 1 N–H and O–H groups in total. The van der Waals surface area contributed by atoms with E-state index < -0.39 is 10.0 Å². The lowest BCUT2D eigenvalue weighted by Crippen LogP contribution is -2.33. The van der Waals surface area contributed by atoms with Gasteiger partial charge in [0, 0.05) is 18.1 Å². The molecule has 0 spiro atoms. The Bertz CT molecular complexity index is 915. The maximum absolute atomic E-state index is 12.8. The number of carbonyl (C=O) groups excluding carboxylic acids is 1. The van der Waals surface area contributed by atoms with Crippen molar-refractivity contribution in [1.82, 2.24) is 5.32 Å². The third-order valence-electron chi connectivity index (χ3n) is 4.13. The van der Waals surface area contributed by atoms with Gasteiger partial charge >= 0.3 is 0 Å². The summed E-state index contributed by atoms with van der Waals surface area (Å²) in [4.78, 5) is 12.6. The van der Waals surface area contributed by atoms with Gasteiger partial charge in [0.05, 0.1) is 21.2 Å². The summed E-state index contributed by atoms with van der Waals surface area (Å²) in [5, 5.41) is 3.58. The molecule has 0 aliphatic heterocycles. The molecule has 0 aliphatic carbocycles. The van der Waals surface area contributed by atoms with Crippen LogP contribution < -0.4 is 9.62 Å². The molecule has 0 saturated carbocycles. The van der Waals surface area contributed by atoms with Gasteiger partial charge in [-0.1, -0.05) is 36.5 Å². The molecule has 146 valence electrons. The molecule has 0 unspecified atom stereocenters. The van der Waals surface area contributed by atoms with Gasteiger partial charge in [0.1, 0.15) is 0 Å². The zero-order chi connectivity index (χ0) is 20.2. The maximum atomic E-state index is 12.8. The molecule has 0 aromatic heterocycles. The minimum absolute atomic E-state index is 0.00208. The number of halogens is 2. The normalized spacial score (nSPS) is 12.5. The number of nitrogens with zero attached hydrogens (tertiary/aromatic N) is 1. The Balaban J connectivity index is 2.33. The van der Waals surface area contributed by atoms with Crippen molar-refractivity contribution in [2.75, 3.05) is 11.4 Å². The summed E-state index contributed by atoms with van der Waals surface area (Å²) in [6, 6.07) is 10.4. The Kier molecular flexibility index (Phi) is 7.14. The molecule has 1 atom stereocenters. The first-order chi connectivity index (χ1) is 12.7. The predicted molar refractivity (Wildman–Crippen MR) is 110 cm³/mol. The molecule has 2 aromatic carbocycles. The topological polar surface area (TPSA) is 66.5 Å². The van der Waals surface area contributed by atoms with Crippen LogP contribution >= 0.6 is 23.2 Å². The van der Waals surface area contributed by atoms with E-state index in [1.807, 2.05) is 13.8 Å². The fourth-order valence-electron chi connectivity index (χ4n) is 2.59. The van der Waals surface area contributed by atoms with Crippen LogP contribution in [-0.4, -0.2) is 27.4 Å². The van der Waals surface area contributed by atoms with E-state index in [2.05, 4.69) is 5.32 Å². The lowest BCUT2D eigenvalue weighted by Gasteiger charge is -2.21. The molecular formula is C19H22Cl2N2O3S. The fourth-order valence-corrected chi connectivity index (χ4v) is 4.11. The summed E-state index contributed by atoms with van der Waals surface area (Å²) in [6.45, 7) is 3.95. The zero-order valence-corrected chi connectivity index (χ0v) is 17.7. The number of anilines is 1. The van der Waals surface area contributed by atoms with Gasteiger partial charge in [0.2, 0.25) is 0 Å². The number of hydrogen-bond donors (Lipinski definition) is 1. The summed E-state index contributed by atoms with van der Waals surface area (Å²) >= 11 is 12.0. The molecule has 0 heterocycles. The van der Waals surface area contributed by atoms with E-state index in [0.717, 1.165) is 17.1 Å². The molecule has 1 amide bonds. The largest absolute Gasteiger partial charge is 0.350 e. The average molecular weight is 429 g/mol. The fraction of sp³-hybridized carbons (Fsp3) is 0.316. The van der Waals surface area contributed by atoms with Gasteiger partial charge in [-0.15, -0.1) is 0 Å². The standard InChI is InChI=1S/C19H22Cl2N2O3S/c1-4-5-13(2)22-19(24)17-12-15(8-11-18(17)21)23(3)27(25,26)16-9-6-14(20)7-10-16/h6-13H,4-5H2,1-3H3,(H,22,24)/t13-/m1/s1. The first-order valence-corrected chi connectivity index (χ1v) is 10.7. The highest BCUT2D eigenvalue weighted by molar-refractivity contribution is 7.92. The van der Waals surface area contributed by atoms with E-state index in [0.29, 0.717) is 10.7 Å². The number of benzene rings is 2. The third kappa shape index (κ3) is 5.15. The summed E-state index contributed by atoms with van der Waals surface area (Å²) in [7, 11) is -2.37. The molecule has 2 aromatic rings. The van der Waals surface area contributed by atoms with Crippen molar-refractivity contribution in [3.63, 3.8) is 0 Å². The molecule has 0 radical (unpaired) electrons. The smallest absolute Gasteiger partial charge is 0.264 e. The number of sulfonamides is 1. The summed E-state index contributed by atoms with van der Waals surface area (Å²) < 4.78 is 26.8. The predicted octanol–water partition coefficient (Wildman–Crippen LogP) is 4.74. The summed E-state index contributed by atoms with van der Waals surface area (Å²) in [6.07, 6.45) is 1.78. The molecular weight excluding hydrogens is 407 g/mol.